The van der Waals surface area contributed by atoms with Crippen LogP contribution in [-0.2, 0) is 0 Å². The van der Waals surface area contributed by atoms with Gasteiger partial charge >= 0.3 is 0 Å². The number of nitro benzene ring substituents is 1. The van der Waals surface area contributed by atoms with E-state index in [1.54, 1.807) is 0 Å². The molecule has 4 N–H and O–H groups in total. The molecule has 0 spiro atoms. The first-order chi connectivity index (χ1) is 9.92. The van der Waals surface area contributed by atoms with Crippen molar-refractivity contribution in [3.63, 3.8) is 0 Å². The molecular formula is C13H17FN4O3. The lowest BCUT2D eigenvalue weighted by molar-refractivity contribution is -0.385. The molecule has 1 aliphatic rings. The molecule has 0 aromatic heterocycles. The predicted octanol–water partition coefficient (Wildman–Crippen LogP) is 1.94. The number of benzene rings is 1. The third-order valence-electron chi connectivity index (χ3n) is 3.44. The molecule has 1 aliphatic carbocycles. The number of amides is 1. The fraction of sp³-hybridized carbons (Fsp3) is 0.462. The van der Waals surface area contributed by atoms with E-state index in [9.17, 15) is 19.3 Å². The molecule has 1 aromatic rings. The summed E-state index contributed by atoms with van der Waals surface area (Å²) in [5.74, 6) is 4.26. The Hall–Kier alpha value is -2.22. The summed E-state index contributed by atoms with van der Waals surface area (Å²) in [4.78, 5) is 22.3. The summed E-state index contributed by atoms with van der Waals surface area (Å²) in [5.41, 5.74) is 1.12. The van der Waals surface area contributed by atoms with Gasteiger partial charge in [0, 0.05) is 6.04 Å². The topological polar surface area (TPSA) is 110 Å². The number of rotatable bonds is 6. The Kier molecular flexibility index (Phi) is 4.37. The van der Waals surface area contributed by atoms with E-state index in [1.165, 1.54) is 0 Å². The molecule has 1 fully saturated rings. The lowest BCUT2D eigenvalue weighted by Crippen LogP contribution is -2.33. The molecule has 2 rings (SSSR count). The van der Waals surface area contributed by atoms with Gasteiger partial charge in [0.2, 0.25) is 0 Å². The number of nitro groups is 1. The quantitative estimate of drug-likeness (QED) is 0.422. The van der Waals surface area contributed by atoms with E-state index in [2.05, 4.69) is 10.7 Å². The smallest absolute Gasteiger partial charge is 0.285 e. The number of carbonyl (C=O) groups excluding carboxylic acids is 1. The average Bonchev–Trinajstić information content (AvgIpc) is 3.21. The normalized spacial score (nSPS) is 15.4. The van der Waals surface area contributed by atoms with Gasteiger partial charge in [0.15, 0.2) is 5.82 Å². The van der Waals surface area contributed by atoms with E-state index in [0.29, 0.717) is 12.0 Å². The number of hydrazine groups is 1. The summed E-state index contributed by atoms with van der Waals surface area (Å²) in [7, 11) is 0. The Morgan fingerprint density at radius 3 is 2.76 bits per heavy atom. The van der Waals surface area contributed by atoms with Crippen LogP contribution in [0.15, 0.2) is 12.1 Å². The van der Waals surface area contributed by atoms with Gasteiger partial charge in [0.25, 0.3) is 11.6 Å². The van der Waals surface area contributed by atoms with Crippen LogP contribution in [0.5, 0.6) is 0 Å². The number of nitrogen functional groups attached to an aromatic ring is 1. The number of hydrogen-bond donors (Lipinski definition) is 3. The highest BCUT2D eigenvalue weighted by atomic mass is 19.1. The number of nitrogens with two attached hydrogens (primary N) is 1. The van der Waals surface area contributed by atoms with Gasteiger partial charge in [-0.15, -0.1) is 0 Å². The minimum Gasteiger partial charge on any atom is -0.349 e. The molecule has 1 atom stereocenters. The van der Waals surface area contributed by atoms with Gasteiger partial charge in [-0.05, 0) is 25.3 Å². The largest absolute Gasteiger partial charge is 0.349 e. The standard InChI is InChI=1S/C13H17FN4O3/c1-7(4-8-2-3-8)16-13(19)9-5-11(17-15)10(14)6-12(9)18(20)21/h5-8,17H,2-4,15H2,1H3,(H,16,19). The first kappa shape index (κ1) is 15.2. The van der Waals surface area contributed by atoms with Gasteiger partial charge in [-0.3, -0.25) is 20.8 Å². The molecule has 1 unspecified atom stereocenters. The van der Waals surface area contributed by atoms with Crippen molar-refractivity contribution in [1.29, 1.82) is 0 Å². The molecular weight excluding hydrogens is 279 g/mol. The second-order valence-corrected chi connectivity index (χ2v) is 5.30. The van der Waals surface area contributed by atoms with Crippen molar-refractivity contribution in [2.45, 2.75) is 32.2 Å². The van der Waals surface area contributed by atoms with Crippen LogP contribution in [0.1, 0.15) is 36.5 Å². The van der Waals surface area contributed by atoms with Crippen molar-refractivity contribution in [3.8, 4) is 0 Å². The van der Waals surface area contributed by atoms with Crippen molar-refractivity contribution in [2.24, 2.45) is 11.8 Å². The van der Waals surface area contributed by atoms with Crippen molar-refractivity contribution < 1.29 is 14.1 Å². The summed E-state index contributed by atoms with van der Waals surface area (Å²) < 4.78 is 13.5. The van der Waals surface area contributed by atoms with Crippen LogP contribution < -0.4 is 16.6 Å². The summed E-state index contributed by atoms with van der Waals surface area (Å²) in [6.45, 7) is 1.84. The van der Waals surface area contributed by atoms with Crippen molar-refractivity contribution in [3.05, 3.63) is 33.6 Å². The molecule has 0 heterocycles. The van der Waals surface area contributed by atoms with E-state index in [4.69, 9.17) is 5.84 Å². The van der Waals surface area contributed by atoms with Crippen LogP contribution in [0.3, 0.4) is 0 Å². The second kappa shape index (κ2) is 6.04. The zero-order valence-corrected chi connectivity index (χ0v) is 11.6. The molecule has 114 valence electrons. The zero-order chi connectivity index (χ0) is 15.6. The van der Waals surface area contributed by atoms with Gasteiger partial charge in [0.1, 0.15) is 5.56 Å². The average molecular weight is 296 g/mol. The van der Waals surface area contributed by atoms with Crippen LogP contribution in [-0.4, -0.2) is 16.9 Å². The summed E-state index contributed by atoms with van der Waals surface area (Å²) in [6.07, 6.45) is 3.14. The monoisotopic (exact) mass is 296 g/mol. The number of anilines is 1. The molecule has 1 saturated carbocycles. The van der Waals surface area contributed by atoms with Crippen molar-refractivity contribution in [2.75, 3.05) is 5.43 Å². The first-order valence-corrected chi connectivity index (χ1v) is 6.67. The van der Waals surface area contributed by atoms with Crippen LogP contribution >= 0.6 is 0 Å². The highest BCUT2D eigenvalue weighted by Gasteiger charge is 2.27. The molecule has 0 radical (unpaired) electrons. The Labute approximate surface area is 120 Å². The lowest BCUT2D eigenvalue weighted by atomic mass is 10.1. The van der Waals surface area contributed by atoms with E-state index in [1.807, 2.05) is 6.92 Å². The molecule has 0 bridgehead atoms. The van der Waals surface area contributed by atoms with Crippen LogP contribution in [0.2, 0.25) is 0 Å². The van der Waals surface area contributed by atoms with E-state index < -0.39 is 22.3 Å². The molecule has 8 heteroatoms. The van der Waals surface area contributed by atoms with Crippen LogP contribution in [0.25, 0.3) is 0 Å². The third kappa shape index (κ3) is 3.66. The fourth-order valence-electron chi connectivity index (χ4n) is 2.22. The van der Waals surface area contributed by atoms with Gasteiger partial charge in [-0.25, -0.2) is 4.39 Å². The van der Waals surface area contributed by atoms with Gasteiger partial charge in [-0.1, -0.05) is 12.8 Å². The molecule has 0 saturated heterocycles. The van der Waals surface area contributed by atoms with E-state index in [0.717, 1.165) is 25.3 Å². The van der Waals surface area contributed by atoms with Crippen LogP contribution in [0, 0.1) is 21.8 Å². The van der Waals surface area contributed by atoms with Gasteiger partial charge in [0.05, 0.1) is 16.7 Å². The number of nitrogens with zero attached hydrogens (tertiary/aromatic N) is 1. The highest BCUT2D eigenvalue weighted by Crippen LogP contribution is 2.33. The Morgan fingerprint density at radius 2 is 2.24 bits per heavy atom. The molecule has 7 nitrogen and oxygen atoms in total. The zero-order valence-electron chi connectivity index (χ0n) is 11.6. The van der Waals surface area contributed by atoms with Gasteiger partial charge in [-0.2, -0.15) is 0 Å². The van der Waals surface area contributed by atoms with Gasteiger partial charge < -0.3 is 10.7 Å². The Balaban J connectivity index is 2.22. The summed E-state index contributed by atoms with van der Waals surface area (Å²) >= 11 is 0. The number of carbonyl (C=O) groups is 1. The molecule has 21 heavy (non-hydrogen) atoms. The van der Waals surface area contributed by atoms with E-state index >= 15 is 0 Å². The maximum Gasteiger partial charge on any atom is 0.285 e. The first-order valence-electron chi connectivity index (χ1n) is 6.67. The Morgan fingerprint density at radius 1 is 1.57 bits per heavy atom. The Bertz CT molecular complexity index is 575. The lowest BCUT2D eigenvalue weighted by Gasteiger charge is -2.14. The maximum atomic E-state index is 13.5. The molecule has 1 aromatic carbocycles. The van der Waals surface area contributed by atoms with Crippen molar-refractivity contribution in [1.82, 2.24) is 5.32 Å². The fourth-order valence-corrected chi connectivity index (χ4v) is 2.22. The predicted molar refractivity (Wildman–Crippen MR) is 75.1 cm³/mol. The highest BCUT2D eigenvalue weighted by molar-refractivity contribution is 5.99. The minimum atomic E-state index is -0.883. The second-order valence-electron chi connectivity index (χ2n) is 5.30. The molecule has 1 amide bonds. The third-order valence-corrected chi connectivity index (χ3v) is 3.44. The summed E-state index contributed by atoms with van der Waals surface area (Å²) in [6, 6.07) is 1.64. The number of nitrogens with one attached hydrogen (secondary N) is 2. The number of hydrogen-bond acceptors (Lipinski definition) is 5. The maximum absolute atomic E-state index is 13.5. The number of halogens is 1. The van der Waals surface area contributed by atoms with E-state index in [-0.39, 0.29) is 17.3 Å². The minimum absolute atomic E-state index is 0.0936. The van der Waals surface area contributed by atoms with Crippen molar-refractivity contribution >= 4 is 17.3 Å². The SMILES string of the molecule is CC(CC1CC1)NC(=O)c1cc(NN)c(F)cc1[N+](=O)[O-]. The summed E-state index contributed by atoms with van der Waals surface area (Å²) in [5, 5.41) is 13.7. The molecule has 0 aliphatic heterocycles. The van der Waals surface area contributed by atoms with Crippen LogP contribution in [0.4, 0.5) is 15.8 Å².